The van der Waals surface area contributed by atoms with Crippen LogP contribution >= 0.6 is 11.3 Å². The molecule has 28 heavy (non-hydrogen) atoms. The predicted octanol–water partition coefficient (Wildman–Crippen LogP) is 3.33. The molecule has 0 bridgehead atoms. The normalized spacial score (nSPS) is 15.0. The van der Waals surface area contributed by atoms with E-state index < -0.39 is 0 Å². The number of benzene rings is 2. The van der Waals surface area contributed by atoms with Crippen LogP contribution in [0.1, 0.15) is 10.6 Å². The first-order chi connectivity index (χ1) is 13.7. The van der Waals surface area contributed by atoms with Crippen molar-refractivity contribution in [3.05, 3.63) is 59.1 Å². The average Bonchev–Trinajstić information content (AvgIpc) is 3.15. The third-order valence-corrected chi connectivity index (χ3v) is 5.96. The molecule has 7 heteroatoms. The second kappa shape index (κ2) is 8.58. The molecular weight excluding hydrogens is 372 g/mol. The monoisotopic (exact) mass is 396 g/mol. The molecule has 2 amide bonds. The summed E-state index contributed by atoms with van der Waals surface area (Å²) < 4.78 is 6.45. The number of hydrogen-bond donors (Lipinski definition) is 1. The molecule has 1 aliphatic rings. The van der Waals surface area contributed by atoms with Gasteiger partial charge in [0.2, 0.25) is 0 Å². The highest BCUT2D eigenvalue weighted by Gasteiger charge is 2.21. The van der Waals surface area contributed by atoms with Gasteiger partial charge in [-0.3, -0.25) is 4.90 Å². The van der Waals surface area contributed by atoms with E-state index in [4.69, 9.17) is 9.72 Å². The highest BCUT2D eigenvalue weighted by Crippen LogP contribution is 2.23. The Morgan fingerprint density at radius 3 is 2.75 bits per heavy atom. The van der Waals surface area contributed by atoms with Crippen molar-refractivity contribution in [1.82, 2.24) is 20.1 Å². The number of para-hydroxylation sites is 1. The number of aromatic nitrogens is 1. The summed E-state index contributed by atoms with van der Waals surface area (Å²) in [5, 5.41) is 4.14. The Bertz CT molecular complexity index is 917. The van der Waals surface area contributed by atoms with E-state index in [1.165, 1.54) is 4.70 Å². The summed E-state index contributed by atoms with van der Waals surface area (Å²) in [6, 6.07) is 16.0. The number of amides is 2. The zero-order valence-corrected chi connectivity index (χ0v) is 16.7. The van der Waals surface area contributed by atoms with Crippen molar-refractivity contribution in [3.8, 4) is 5.75 Å². The molecule has 4 rings (SSSR count). The molecule has 0 saturated carbocycles. The Morgan fingerprint density at radius 2 is 1.96 bits per heavy atom. The standard InChI is InChI=1S/C21H24N4O2S/c1-27-17-6-4-5-16(13-17)14-22-21(26)25-11-9-24(10-12-25)15-20-23-18-7-2-3-8-19(18)28-20/h2-8,13H,9-12,14-15H2,1H3,(H,22,26). The molecule has 146 valence electrons. The number of carbonyl (C=O) groups excluding carboxylic acids is 1. The molecule has 1 N–H and O–H groups in total. The molecule has 6 nitrogen and oxygen atoms in total. The maximum absolute atomic E-state index is 12.5. The van der Waals surface area contributed by atoms with Gasteiger partial charge in [-0.1, -0.05) is 24.3 Å². The molecule has 1 saturated heterocycles. The Labute approximate surface area is 168 Å². The molecule has 2 aromatic carbocycles. The van der Waals surface area contributed by atoms with E-state index in [1.807, 2.05) is 41.3 Å². The Balaban J connectivity index is 1.25. The van der Waals surface area contributed by atoms with Crippen LogP contribution in [0.5, 0.6) is 5.75 Å². The van der Waals surface area contributed by atoms with E-state index in [0.29, 0.717) is 6.54 Å². The van der Waals surface area contributed by atoms with Gasteiger partial charge in [0.05, 0.1) is 23.9 Å². The molecule has 0 unspecified atom stereocenters. The molecule has 0 aliphatic carbocycles. The molecule has 1 fully saturated rings. The fourth-order valence-electron chi connectivity index (χ4n) is 3.36. The van der Waals surface area contributed by atoms with Crippen LogP contribution in [-0.4, -0.2) is 54.1 Å². The zero-order valence-electron chi connectivity index (χ0n) is 15.9. The van der Waals surface area contributed by atoms with Crippen molar-refractivity contribution >= 4 is 27.6 Å². The zero-order chi connectivity index (χ0) is 19.3. The van der Waals surface area contributed by atoms with E-state index in [1.54, 1.807) is 18.4 Å². The fourth-order valence-corrected chi connectivity index (χ4v) is 4.37. The number of fused-ring (bicyclic) bond motifs is 1. The van der Waals surface area contributed by atoms with E-state index in [2.05, 4.69) is 22.3 Å². The topological polar surface area (TPSA) is 57.7 Å². The van der Waals surface area contributed by atoms with Crippen LogP contribution < -0.4 is 10.1 Å². The molecule has 0 radical (unpaired) electrons. The molecular formula is C21H24N4O2S. The van der Waals surface area contributed by atoms with Crippen molar-refractivity contribution in [2.75, 3.05) is 33.3 Å². The lowest BCUT2D eigenvalue weighted by atomic mass is 10.2. The first kappa shape index (κ1) is 18.7. The van der Waals surface area contributed by atoms with Gasteiger partial charge in [0.25, 0.3) is 0 Å². The molecule has 2 heterocycles. The van der Waals surface area contributed by atoms with Gasteiger partial charge < -0.3 is 15.0 Å². The van der Waals surface area contributed by atoms with E-state index in [9.17, 15) is 4.79 Å². The van der Waals surface area contributed by atoms with E-state index in [-0.39, 0.29) is 6.03 Å². The third kappa shape index (κ3) is 4.43. The summed E-state index contributed by atoms with van der Waals surface area (Å²) in [5.41, 5.74) is 2.10. The van der Waals surface area contributed by atoms with Gasteiger partial charge in [-0.2, -0.15) is 0 Å². The first-order valence-electron chi connectivity index (χ1n) is 9.44. The summed E-state index contributed by atoms with van der Waals surface area (Å²) in [4.78, 5) is 21.4. The smallest absolute Gasteiger partial charge is 0.317 e. The third-order valence-electron chi connectivity index (χ3n) is 4.93. The number of rotatable bonds is 5. The minimum absolute atomic E-state index is 0.0116. The predicted molar refractivity (Wildman–Crippen MR) is 112 cm³/mol. The number of piperazine rings is 1. The van der Waals surface area contributed by atoms with Crippen molar-refractivity contribution in [1.29, 1.82) is 0 Å². The van der Waals surface area contributed by atoms with Gasteiger partial charge in [0, 0.05) is 32.7 Å². The van der Waals surface area contributed by atoms with E-state index >= 15 is 0 Å². The number of nitrogens with zero attached hydrogens (tertiary/aromatic N) is 3. The minimum atomic E-state index is -0.0116. The number of thiazole rings is 1. The lowest BCUT2D eigenvalue weighted by Crippen LogP contribution is -2.51. The van der Waals surface area contributed by atoms with Gasteiger partial charge in [-0.25, -0.2) is 9.78 Å². The summed E-state index contributed by atoms with van der Waals surface area (Å²) in [6.07, 6.45) is 0. The number of nitrogens with one attached hydrogen (secondary N) is 1. The molecule has 1 aliphatic heterocycles. The van der Waals surface area contributed by atoms with Gasteiger partial charge in [0.15, 0.2) is 0 Å². The van der Waals surface area contributed by atoms with Crippen molar-refractivity contribution < 1.29 is 9.53 Å². The van der Waals surface area contributed by atoms with Crippen LogP contribution in [0.15, 0.2) is 48.5 Å². The lowest BCUT2D eigenvalue weighted by Gasteiger charge is -2.34. The van der Waals surface area contributed by atoms with Gasteiger partial charge in [-0.05, 0) is 29.8 Å². The van der Waals surface area contributed by atoms with Crippen molar-refractivity contribution in [2.24, 2.45) is 0 Å². The minimum Gasteiger partial charge on any atom is -0.497 e. The van der Waals surface area contributed by atoms with Crippen LogP contribution in [0, 0.1) is 0 Å². The van der Waals surface area contributed by atoms with Crippen LogP contribution in [0.3, 0.4) is 0 Å². The summed E-state index contributed by atoms with van der Waals surface area (Å²) in [7, 11) is 1.64. The summed E-state index contributed by atoms with van der Waals surface area (Å²) in [6.45, 7) is 4.54. The number of urea groups is 1. The second-order valence-corrected chi connectivity index (χ2v) is 7.96. The number of carbonyl (C=O) groups is 1. The fraction of sp³-hybridized carbons (Fsp3) is 0.333. The highest BCUT2D eigenvalue weighted by molar-refractivity contribution is 7.18. The highest BCUT2D eigenvalue weighted by atomic mass is 32.1. The lowest BCUT2D eigenvalue weighted by molar-refractivity contribution is 0.135. The number of hydrogen-bond acceptors (Lipinski definition) is 5. The average molecular weight is 397 g/mol. The second-order valence-electron chi connectivity index (χ2n) is 6.85. The maximum atomic E-state index is 12.5. The molecule has 3 aromatic rings. The largest absolute Gasteiger partial charge is 0.497 e. The first-order valence-corrected chi connectivity index (χ1v) is 10.3. The number of methoxy groups -OCH3 is 1. The Hall–Kier alpha value is -2.64. The van der Waals surface area contributed by atoms with Crippen LogP contribution in [-0.2, 0) is 13.1 Å². The van der Waals surface area contributed by atoms with Crippen molar-refractivity contribution in [3.63, 3.8) is 0 Å². The van der Waals surface area contributed by atoms with Gasteiger partial charge >= 0.3 is 6.03 Å². The number of ether oxygens (including phenoxy) is 1. The Kier molecular flexibility index (Phi) is 5.73. The van der Waals surface area contributed by atoms with Crippen molar-refractivity contribution in [2.45, 2.75) is 13.1 Å². The molecule has 1 aromatic heterocycles. The van der Waals surface area contributed by atoms with Crippen LogP contribution in [0.4, 0.5) is 4.79 Å². The van der Waals surface area contributed by atoms with Gasteiger partial charge in [0.1, 0.15) is 10.8 Å². The van der Waals surface area contributed by atoms with Crippen LogP contribution in [0.2, 0.25) is 0 Å². The molecule has 0 spiro atoms. The van der Waals surface area contributed by atoms with Crippen LogP contribution in [0.25, 0.3) is 10.2 Å². The SMILES string of the molecule is COc1cccc(CNC(=O)N2CCN(Cc3nc4ccccc4s3)CC2)c1. The Morgan fingerprint density at radius 1 is 1.14 bits per heavy atom. The summed E-state index contributed by atoms with van der Waals surface area (Å²) >= 11 is 1.75. The van der Waals surface area contributed by atoms with E-state index in [0.717, 1.165) is 54.6 Å². The molecule has 0 atom stereocenters. The maximum Gasteiger partial charge on any atom is 0.317 e. The quantitative estimate of drug-likeness (QED) is 0.719. The summed E-state index contributed by atoms with van der Waals surface area (Å²) in [5.74, 6) is 0.801. The van der Waals surface area contributed by atoms with Gasteiger partial charge in [-0.15, -0.1) is 11.3 Å².